The Bertz CT molecular complexity index is 621. The lowest BCUT2D eigenvalue weighted by Gasteiger charge is -2.15. The highest BCUT2D eigenvalue weighted by atomic mass is 16.2. The molecule has 4 nitrogen and oxygen atoms in total. The first-order chi connectivity index (χ1) is 10.1. The quantitative estimate of drug-likeness (QED) is 0.878. The number of carbonyl (C=O) groups excluding carboxylic acids is 2. The van der Waals surface area contributed by atoms with Crippen LogP contribution in [0.1, 0.15) is 21.5 Å². The molecule has 0 saturated heterocycles. The molecule has 1 atom stereocenters. The maximum Gasteiger partial charge on any atom is 0.251 e. The summed E-state index contributed by atoms with van der Waals surface area (Å²) in [4.78, 5) is 23.7. The summed E-state index contributed by atoms with van der Waals surface area (Å²) in [6.45, 7) is 1.95. The van der Waals surface area contributed by atoms with Crippen LogP contribution in [0, 0.1) is 6.92 Å². The first-order valence-electron chi connectivity index (χ1n) is 6.77. The molecule has 2 aromatic rings. The molecule has 0 radical (unpaired) electrons. The molecule has 0 aliphatic rings. The summed E-state index contributed by atoms with van der Waals surface area (Å²) in [6.07, 6.45) is 0.383. The molecule has 0 heterocycles. The van der Waals surface area contributed by atoms with Gasteiger partial charge in [-0.15, -0.1) is 0 Å². The van der Waals surface area contributed by atoms with Crippen molar-refractivity contribution in [1.29, 1.82) is 0 Å². The molecular formula is C17H18N2O2. The summed E-state index contributed by atoms with van der Waals surface area (Å²) in [5.74, 6) is -0.839. The van der Waals surface area contributed by atoms with Gasteiger partial charge in [-0.05, 0) is 24.6 Å². The smallest absolute Gasteiger partial charge is 0.251 e. The Morgan fingerprint density at radius 1 is 1.05 bits per heavy atom. The van der Waals surface area contributed by atoms with Crippen molar-refractivity contribution in [3.05, 3.63) is 71.3 Å². The summed E-state index contributed by atoms with van der Waals surface area (Å²) >= 11 is 0. The third-order valence-electron chi connectivity index (χ3n) is 3.25. The third-order valence-corrected chi connectivity index (χ3v) is 3.25. The van der Waals surface area contributed by atoms with Crippen LogP contribution in [0.5, 0.6) is 0 Å². The zero-order chi connectivity index (χ0) is 15.2. The minimum Gasteiger partial charge on any atom is -0.368 e. The minimum atomic E-state index is -0.721. The van der Waals surface area contributed by atoms with Gasteiger partial charge in [-0.3, -0.25) is 9.59 Å². The Morgan fingerprint density at radius 2 is 1.67 bits per heavy atom. The number of hydrogen-bond acceptors (Lipinski definition) is 2. The lowest BCUT2D eigenvalue weighted by molar-refractivity contribution is -0.119. The molecule has 0 saturated carbocycles. The number of nitrogens with one attached hydrogen (secondary N) is 1. The van der Waals surface area contributed by atoms with Gasteiger partial charge in [0.1, 0.15) is 6.04 Å². The van der Waals surface area contributed by atoms with E-state index < -0.39 is 11.9 Å². The molecule has 0 aliphatic carbocycles. The van der Waals surface area contributed by atoms with Crippen LogP contribution in [0.15, 0.2) is 54.6 Å². The first kappa shape index (κ1) is 14.8. The molecule has 0 fully saturated rings. The summed E-state index contributed by atoms with van der Waals surface area (Å²) in [6, 6.07) is 15.9. The molecule has 1 unspecified atom stereocenters. The Morgan fingerprint density at radius 3 is 2.24 bits per heavy atom. The number of primary amides is 1. The summed E-state index contributed by atoms with van der Waals surface area (Å²) in [5.41, 5.74) is 7.92. The number of carbonyl (C=O) groups is 2. The van der Waals surface area contributed by atoms with Crippen LogP contribution >= 0.6 is 0 Å². The number of rotatable bonds is 5. The van der Waals surface area contributed by atoms with Gasteiger partial charge in [0.25, 0.3) is 5.91 Å². The molecule has 0 aromatic heterocycles. The SMILES string of the molecule is Cc1ccc(C(=O)NC(Cc2ccccc2)C(N)=O)cc1. The Kier molecular flexibility index (Phi) is 4.72. The molecule has 4 heteroatoms. The second-order valence-corrected chi connectivity index (χ2v) is 4.98. The van der Waals surface area contributed by atoms with Crippen molar-refractivity contribution in [2.24, 2.45) is 5.73 Å². The fourth-order valence-corrected chi connectivity index (χ4v) is 2.02. The average Bonchev–Trinajstić information content (AvgIpc) is 2.48. The van der Waals surface area contributed by atoms with Crippen LogP contribution in [-0.2, 0) is 11.2 Å². The number of amides is 2. The van der Waals surface area contributed by atoms with Gasteiger partial charge in [0.15, 0.2) is 0 Å². The highest BCUT2D eigenvalue weighted by Crippen LogP contribution is 2.06. The van der Waals surface area contributed by atoms with Crippen LogP contribution in [0.4, 0.5) is 0 Å². The standard InChI is InChI=1S/C17H18N2O2/c1-12-7-9-14(10-8-12)17(21)19-15(16(18)20)11-13-5-3-2-4-6-13/h2-10,15H,11H2,1H3,(H2,18,20)(H,19,21). The van der Waals surface area contributed by atoms with Crippen LogP contribution in [-0.4, -0.2) is 17.9 Å². The molecule has 0 aliphatic heterocycles. The van der Waals surface area contributed by atoms with Gasteiger partial charge in [0.05, 0.1) is 0 Å². The lowest BCUT2D eigenvalue weighted by Crippen LogP contribution is -2.45. The van der Waals surface area contributed by atoms with Crippen molar-refractivity contribution >= 4 is 11.8 Å². The predicted octanol–water partition coefficient (Wildman–Crippen LogP) is 1.82. The average molecular weight is 282 g/mol. The van der Waals surface area contributed by atoms with E-state index in [1.54, 1.807) is 12.1 Å². The monoisotopic (exact) mass is 282 g/mol. The van der Waals surface area contributed by atoms with Crippen molar-refractivity contribution in [2.45, 2.75) is 19.4 Å². The van der Waals surface area contributed by atoms with E-state index in [-0.39, 0.29) is 5.91 Å². The topological polar surface area (TPSA) is 72.2 Å². The fourth-order valence-electron chi connectivity index (χ4n) is 2.02. The van der Waals surface area contributed by atoms with Gasteiger partial charge in [0, 0.05) is 12.0 Å². The van der Waals surface area contributed by atoms with E-state index in [4.69, 9.17) is 5.73 Å². The minimum absolute atomic E-state index is 0.297. The van der Waals surface area contributed by atoms with E-state index in [1.165, 1.54) is 0 Å². The molecular weight excluding hydrogens is 264 g/mol. The molecule has 0 bridgehead atoms. The Hall–Kier alpha value is -2.62. The van der Waals surface area contributed by atoms with E-state index in [0.29, 0.717) is 12.0 Å². The second kappa shape index (κ2) is 6.70. The summed E-state index contributed by atoms with van der Waals surface area (Å²) < 4.78 is 0. The predicted molar refractivity (Wildman–Crippen MR) is 81.8 cm³/mol. The largest absolute Gasteiger partial charge is 0.368 e. The van der Waals surface area contributed by atoms with Crippen molar-refractivity contribution in [3.8, 4) is 0 Å². The van der Waals surface area contributed by atoms with E-state index in [1.807, 2.05) is 49.4 Å². The number of hydrogen-bond donors (Lipinski definition) is 2. The lowest BCUT2D eigenvalue weighted by atomic mass is 10.0. The van der Waals surface area contributed by atoms with Crippen LogP contribution in [0.2, 0.25) is 0 Å². The van der Waals surface area contributed by atoms with Crippen LogP contribution < -0.4 is 11.1 Å². The van der Waals surface area contributed by atoms with Gasteiger partial charge in [-0.2, -0.15) is 0 Å². The maximum absolute atomic E-state index is 12.1. The normalized spacial score (nSPS) is 11.7. The summed E-state index contributed by atoms with van der Waals surface area (Å²) in [7, 11) is 0. The number of nitrogens with two attached hydrogens (primary N) is 1. The number of aryl methyl sites for hydroxylation is 1. The van der Waals surface area contributed by atoms with Crippen molar-refractivity contribution < 1.29 is 9.59 Å². The number of benzene rings is 2. The fraction of sp³-hybridized carbons (Fsp3) is 0.176. The third kappa shape index (κ3) is 4.18. The van der Waals surface area contributed by atoms with E-state index in [2.05, 4.69) is 5.32 Å². The van der Waals surface area contributed by atoms with E-state index >= 15 is 0 Å². The van der Waals surface area contributed by atoms with E-state index in [0.717, 1.165) is 11.1 Å². The van der Waals surface area contributed by atoms with Crippen LogP contribution in [0.3, 0.4) is 0 Å². The zero-order valence-electron chi connectivity index (χ0n) is 11.9. The van der Waals surface area contributed by atoms with E-state index in [9.17, 15) is 9.59 Å². The highest BCUT2D eigenvalue weighted by molar-refractivity contribution is 5.97. The van der Waals surface area contributed by atoms with Gasteiger partial charge >= 0.3 is 0 Å². The molecule has 2 rings (SSSR count). The summed E-state index contributed by atoms with van der Waals surface area (Å²) in [5, 5.41) is 2.69. The van der Waals surface area contributed by atoms with Gasteiger partial charge < -0.3 is 11.1 Å². The highest BCUT2D eigenvalue weighted by Gasteiger charge is 2.19. The van der Waals surface area contributed by atoms with Gasteiger partial charge in [0.2, 0.25) is 5.91 Å². The molecule has 108 valence electrons. The zero-order valence-corrected chi connectivity index (χ0v) is 11.9. The van der Waals surface area contributed by atoms with Crippen LogP contribution in [0.25, 0.3) is 0 Å². The van der Waals surface area contributed by atoms with Crippen molar-refractivity contribution in [3.63, 3.8) is 0 Å². The maximum atomic E-state index is 12.1. The molecule has 2 amide bonds. The van der Waals surface area contributed by atoms with Crippen molar-refractivity contribution in [2.75, 3.05) is 0 Å². The molecule has 21 heavy (non-hydrogen) atoms. The molecule has 2 aromatic carbocycles. The van der Waals surface area contributed by atoms with Gasteiger partial charge in [-0.25, -0.2) is 0 Å². The Balaban J connectivity index is 2.07. The van der Waals surface area contributed by atoms with Crippen molar-refractivity contribution in [1.82, 2.24) is 5.32 Å². The first-order valence-corrected chi connectivity index (χ1v) is 6.77. The Labute approximate surface area is 124 Å². The molecule has 3 N–H and O–H groups in total. The second-order valence-electron chi connectivity index (χ2n) is 4.98. The molecule has 0 spiro atoms. The van der Waals surface area contributed by atoms with Gasteiger partial charge in [-0.1, -0.05) is 48.0 Å².